The number of hydrogen-bond acceptors (Lipinski definition) is 2. The zero-order valence-corrected chi connectivity index (χ0v) is 13.3. The maximum Gasteiger partial charge on any atom is 0.122 e. The molecule has 1 atom stereocenters. The maximum atomic E-state index is 5.56. The average Bonchev–Trinajstić information content (AvgIpc) is 2.84. The second-order valence-corrected chi connectivity index (χ2v) is 6.26. The molecule has 2 aromatic carbocycles. The van der Waals surface area contributed by atoms with Crippen LogP contribution in [-0.4, -0.2) is 6.61 Å². The fourth-order valence-corrected chi connectivity index (χ4v) is 3.24. The molecule has 1 heterocycles. The minimum atomic E-state index is 0.273. The Morgan fingerprint density at radius 1 is 1.20 bits per heavy atom. The minimum Gasteiger partial charge on any atom is -0.493 e. The zero-order valence-electron chi connectivity index (χ0n) is 11.7. The lowest BCUT2D eigenvalue weighted by atomic mass is 10.0. The molecule has 0 aromatic heterocycles. The fraction of sp³-hybridized carbons (Fsp3) is 0.294. The lowest BCUT2D eigenvalue weighted by Gasteiger charge is -2.17. The van der Waals surface area contributed by atoms with E-state index in [0.29, 0.717) is 0 Å². The van der Waals surface area contributed by atoms with Crippen LogP contribution in [0.25, 0.3) is 0 Å². The number of aryl methyl sites for hydroxylation is 1. The van der Waals surface area contributed by atoms with Gasteiger partial charge in [0.1, 0.15) is 5.75 Å². The number of anilines is 1. The van der Waals surface area contributed by atoms with Crippen LogP contribution in [0.2, 0.25) is 0 Å². The van der Waals surface area contributed by atoms with Crippen LogP contribution in [0.15, 0.2) is 40.9 Å². The van der Waals surface area contributed by atoms with Crippen molar-refractivity contribution in [2.45, 2.75) is 26.3 Å². The summed E-state index contributed by atoms with van der Waals surface area (Å²) in [5.41, 5.74) is 5.01. The lowest BCUT2D eigenvalue weighted by Crippen LogP contribution is -2.07. The first-order valence-electron chi connectivity index (χ1n) is 6.91. The largest absolute Gasteiger partial charge is 0.493 e. The second kappa shape index (κ2) is 5.49. The fourth-order valence-electron chi connectivity index (χ4n) is 2.63. The van der Waals surface area contributed by atoms with Crippen LogP contribution in [0.1, 0.15) is 29.7 Å². The Kier molecular flexibility index (Phi) is 3.70. The van der Waals surface area contributed by atoms with Gasteiger partial charge in [0.05, 0.1) is 6.61 Å². The van der Waals surface area contributed by atoms with Crippen molar-refractivity contribution in [3.05, 3.63) is 57.6 Å². The molecule has 104 valence electrons. The van der Waals surface area contributed by atoms with Crippen LogP contribution in [-0.2, 0) is 6.42 Å². The van der Waals surface area contributed by atoms with Gasteiger partial charge in [-0.2, -0.15) is 0 Å². The van der Waals surface area contributed by atoms with Gasteiger partial charge in [-0.15, -0.1) is 0 Å². The Morgan fingerprint density at radius 3 is 2.85 bits per heavy atom. The molecular weight excluding hydrogens is 314 g/mol. The highest BCUT2D eigenvalue weighted by Gasteiger charge is 2.14. The molecule has 20 heavy (non-hydrogen) atoms. The molecule has 3 rings (SSSR count). The van der Waals surface area contributed by atoms with Crippen molar-refractivity contribution in [3.8, 4) is 5.75 Å². The van der Waals surface area contributed by atoms with E-state index in [4.69, 9.17) is 4.74 Å². The highest BCUT2D eigenvalue weighted by Crippen LogP contribution is 2.30. The van der Waals surface area contributed by atoms with Gasteiger partial charge in [0, 0.05) is 22.6 Å². The number of fused-ring (bicyclic) bond motifs is 1. The van der Waals surface area contributed by atoms with E-state index in [-0.39, 0.29) is 6.04 Å². The Hall–Kier alpha value is -1.48. The molecule has 0 bridgehead atoms. The molecule has 2 nitrogen and oxygen atoms in total. The molecular formula is C17H18BrNO. The molecule has 0 radical (unpaired) electrons. The van der Waals surface area contributed by atoms with Gasteiger partial charge in [-0.05, 0) is 60.9 Å². The molecule has 0 spiro atoms. The molecule has 0 amide bonds. The van der Waals surface area contributed by atoms with Gasteiger partial charge in [0.25, 0.3) is 0 Å². The number of ether oxygens (including phenoxy) is 1. The van der Waals surface area contributed by atoms with Gasteiger partial charge in [0.2, 0.25) is 0 Å². The van der Waals surface area contributed by atoms with E-state index in [2.05, 4.69) is 71.5 Å². The predicted molar refractivity (Wildman–Crippen MR) is 86.6 cm³/mol. The first-order chi connectivity index (χ1) is 9.61. The Bertz CT molecular complexity index is 619. The summed E-state index contributed by atoms with van der Waals surface area (Å²) in [5, 5.41) is 3.56. The first kappa shape index (κ1) is 13.5. The van der Waals surface area contributed by atoms with Gasteiger partial charge >= 0.3 is 0 Å². The van der Waals surface area contributed by atoms with Crippen molar-refractivity contribution in [2.75, 3.05) is 11.9 Å². The van der Waals surface area contributed by atoms with Gasteiger partial charge in [-0.1, -0.05) is 22.0 Å². The van der Waals surface area contributed by atoms with E-state index in [1.54, 1.807) is 0 Å². The van der Waals surface area contributed by atoms with Crippen molar-refractivity contribution in [3.63, 3.8) is 0 Å². The molecule has 3 heteroatoms. The molecule has 1 aliphatic heterocycles. The van der Waals surface area contributed by atoms with Crippen LogP contribution in [0, 0.1) is 6.92 Å². The third-order valence-electron chi connectivity index (χ3n) is 3.64. The molecule has 0 fully saturated rings. The lowest BCUT2D eigenvalue weighted by molar-refractivity contribution is 0.357. The van der Waals surface area contributed by atoms with Crippen LogP contribution < -0.4 is 10.1 Å². The standard InChI is InChI=1S/C17H18BrNO/c1-11-7-15(18)10-16(8-11)19-12(2)13-3-4-17-14(9-13)5-6-20-17/h3-4,7-10,12,19H,5-6H2,1-2H3. The van der Waals surface area contributed by atoms with E-state index in [1.165, 1.54) is 16.7 Å². The highest BCUT2D eigenvalue weighted by molar-refractivity contribution is 9.10. The highest BCUT2D eigenvalue weighted by atomic mass is 79.9. The van der Waals surface area contributed by atoms with Crippen LogP contribution in [0.3, 0.4) is 0 Å². The van der Waals surface area contributed by atoms with E-state index in [1.807, 2.05) is 0 Å². The van der Waals surface area contributed by atoms with E-state index in [0.717, 1.165) is 28.9 Å². The first-order valence-corrected chi connectivity index (χ1v) is 7.70. The molecule has 2 aromatic rings. The SMILES string of the molecule is Cc1cc(Br)cc(NC(C)c2ccc3c(c2)CCO3)c1. The van der Waals surface area contributed by atoms with Crippen molar-refractivity contribution in [1.29, 1.82) is 0 Å². The Balaban J connectivity index is 1.80. The third kappa shape index (κ3) is 2.83. The van der Waals surface area contributed by atoms with Gasteiger partial charge in [-0.3, -0.25) is 0 Å². The van der Waals surface area contributed by atoms with Gasteiger partial charge < -0.3 is 10.1 Å². The summed E-state index contributed by atoms with van der Waals surface area (Å²) in [4.78, 5) is 0. The quantitative estimate of drug-likeness (QED) is 0.866. The number of rotatable bonds is 3. The van der Waals surface area contributed by atoms with Gasteiger partial charge in [-0.25, -0.2) is 0 Å². The second-order valence-electron chi connectivity index (χ2n) is 5.35. The molecule has 1 aliphatic rings. The molecule has 1 N–H and O–H groups in total. The molecule has 1 unspecified atom stereocenters. The van der Waals surface area contributed by atoms with E-state index < -0.39 is 0 Å². The Labute approximate surface area is 128 Å². The zero-order chi connectivity index (χ0) is 14.1. The molecule has 0 saturated carbocycles. The maximum absolute atomic E-state index is 5.56. The number of halogens is 1. The summed E-state index contributed by atoms with van der Waals surface area (Å²) in [7, 11) is 0. The number of benzene rings is 2. The summed E-state index contributed by atoms with van der Waals surface area (Å²) in [6.45, 7) is 5.10. The number of nitrogens with one attached hydrogen (secondary N) is 1. The topological polar surface area (TPSA) is 21.3 Å². The molecule has 0 aliphatic carbocycles. The van der Waals surface area contributed by atoms with Gasteiger partial charge in [0.15, 0.2) is 0 Å². The normalized spacial score (nSPS) is 14.6. The average molecular weight is 332 g/mol. The summed E-state index contributed by atoms with van der Waals surface area (Å²) < 4.78 is 6.66. The number of hydrogen-bond donors (Lipinski definition) is 1. The molecule has 0 saturated heterocycles. The van der Waals surface area contributed by atoms with Crippen molar-refractivity contribution in [1.82, 2.24) is 0 Å². The minimum absolute atomic E-state index is 0.273. The summed E-state index contributed by atoms with van der Waals surface area (Å²) in [5.74, 6) is 1.04. The van der Waals surface area contributed by atoms with Crippen LogP contribution >= 0.6 is 15.9 Å². The third-order valence-corrected chi connectivity index (χ3v) is 4.10. The van der Waals surface area contributed by atoms with Crippen molar-refractivity contribution >= 4 is 21.6 Å². The monoisotopic (exact) mass is 331 g/mol. The summed E-state index contributed by atoms with van der Waals surface area (Å²) >= 11 is 3.54. The Morgan fingerprint density at radius 2 is 2.05 bits per heavy atom. The summed E-state index contributed by atoms with van der Waals surface area (Å²) in [6.07, 6.45) is 1.02. The van der Waals surface area contributed by atoms with E-state index in [9.17, 15) is 0 Å². The van der Waals surface area contributed by atoms with E-state index >= 15 is 0 Å². The van der Waals surface area contributed by atoms with Crippen LogP contribution in [0.4, 0.5) is 5.69 Å². The predicted octanol–water partition coefficient (Wildman–Crippen LogP) is 4.87. The summed E-state index contributed by atoms with van der Waals surface area (Å²) in [6, 6.07) is 13.1. The smallest absolute Gasteiger partial charge is 0.122 e. The van der Waals surface area contributed by atoms with Crippen molar-refractivity contribution < 1.29 is 4.74 Å². The van der Waals surface area contributed by atoms with Crippen molar-refractivity contribution in [2.24, 2.45) is 0 Å². The van der Waals surface area contributed by atoms with Crippen LogP contribution in [0.5, 0.6) is 5.75 Å².